The van der Waals surface area contributed by atoms with Crippen LogP contribution in [0.4, 0.5) is 0 Å². The Balaban J connectivity index is 1.61. The fourth-order valence-electron chi connectivity index (χ4n) is 2.75. The lowest BCUT2D eigenvalue weighted by Gasteiger charge is -2.25. The molecule has 4 nitrogen and oxygen atoms in total. The van der Waals surface area contributed by atoms with E-state index in [1.807, 2.05) is 60.7 Å². The summed E-state index contributed by atoms with van der Waals surface area (Å²) in [5.41, 5.74) is 1.01. The number of aliphatic hydroxyl groups is 1. The highest BCUT2D eigenvalue weighted by Crippen LogP contribution is 2.19. The van der Waals surface area contributed by atoms with Crippen molar-refractivity contribution in [2.24, 2.45) is 0 Å². The Morgan fingerprint density at radius 1 is 1.04 bits per heavy atom. The standard InChI is InChI=1S/C21H21BrClNO3/c22-17-7-9-19(10-8-17)27-15-18(25)13-24(14-20-5-3-11-26-20)12-16-4-1-2-6-21(16)23/h1-11,18,25H,12-15H2. The molecule has 6 heteroatoms. The van der Waals surface area contributed by atoms with Crippen molar-refractivity contribution in [3.8, 4) is 5.75 Å². The third-order valence-corrected chi connectivity index (χ3v) is 4.93. The van der Waals surface area contributed by atoms with E-state index in [0.717, 1.165) is 21.5 Å². The van der Waals surface area contributed by atoms with Gasteiger partial charge in [-0.2, -0.15) is 0 Å². The number of ether oxygens (including phenoxy) is 1. The molecular weight excluding hydrogens is 430 g/mol. The van der Waals surface area contributed by atoms with Crippen molar-refractivity contribution in [3.05, 3.63) is 87.7 Å². The highest BCUT2D eigenvalue weighted by atomic mass is 79.9. The quantitative estimate of drug-likeness (QED) is 0.490. The minimum absolute atomic E-state index is 0.207. The topological polar surface area (TPSA) is 45.8 Å². The van der Waals surface area contributed by atoms with Crippen molar-refractivity contribution in [3.63, 3.8) is 0 Å². The summed E-state index contributed by atoms with van der Waals surface area (Å²) in [7, 11) is 0. The third-order valence-electron chi connectivity index (χ3n) is 4.04. The summed E-state index contributed by atoms with van der Waals surface area (Å²) in [5.74, 6) is 1.56. The molecule has 0 aliphatic carbocycles. The number of hydrogen-bond acceptors (Lipinski definition) is 4. The molecule has 1 heterocycles. The first kappa shape index (κ1) is 20.0. The average molecular weight is 451 g/mol. The summed E-state index contributed by atoms with van der Waals surface area (Å²) >= 11 is 9.69. The number of aliphatic hydroxyl groups excluding tert-OH is 1. The average Bonchev–Trinajstić information content (AvgIpc) is 3.16. The molecule has 3 aromatic rings. The molecule has 0 aliphatic rings. The summed E-state index contributed by atoms with van der Waals surface area (Å²) in [6, 6.07) is 19.0. The highest BCUT2D eigenvalue weighted by Gasteiger charge is 2.16. The van der Waals surface area contributed by atoms with Crippen LogP contribution >= 0.6 is 27.5 Å². The monoisotopic (exact) mass is 449 g/mol. The van der Waals surface area contributed by atoms with Gasteiger partial charge >= 0.3 is 0 Å². The largest absolute Gasteiger partial charge is 0.491 e. The molecule has 1 unspecified atom stereocenters. The van der Waals surface area contributed by atoms with Crippen molar-refractivity contribution in [2.45, 2.75) is 19.2 Å². The predicted molar refractivity (Wildman–Crippen MR) is 110 cm³/mol. The van der Waals surface area contributed by atoms with Gasteiger partial charge in [0.25, 0.3) is 0 Å². The molecule has 0 fully saturated rings. The lowest BCUT2D eigenvalue weighted by atomic mass is 10.2. The van der Waals surface area contributed by atoms with Gasteiger partial charge in [0.1, 0.15) is 24.2 Å². The van der Waals surface area contributed by atoms with Crippen molar-refractivity contribution in [1.82, 2.24) is 4.90 Å². The maximum absolute atomic E-state index is 10.5. The highest BCUT2D eigenvalue weighted by molar-refractivity contribution is 9.10. The molecule has 2 aromatic carbocycles. The van der Waals surface area contributed by atoms with E-state index < -0.39 is 6.10 Å². The SMILES string of the molecule is OC(COc1ccc(Br)cc1)CN(Cc1ccco1)Cc1ccccc1Cl. The van der Waals surface area contributed by atoms with Gasteiger partial charge < -0.3 is 14.3 Å². The van der Waals surface area contributed by atoms with Gasteiger partial charge in [-0.25, -0.2) is 0 Å². The molecule has 0 spiro atoms. The van der Waals surface area contributed by atoms with Gasteiger partial charge in [0.2, 0.25) is 0 Å². The van der Waals surface area contributed by atoms with Crippen LogP contribution in [0.15, 0.2) is 75.8 Å². The first-order chi connectivity index (χ1) is 13.1. The van der Waals surface area contributed by atoms with Crippen LogP contribution in [0.2, 0.25) is 5.02 Å². The smallest absolute Gasteiger partial charge is 0.119 e. The summed E-state index contributed by atoms with van der Waals surface area (Å²) in [5, 5.41) is 11.2. The van der Waals surface area contributed by atoms with Crippen LogP contribution < -0.4 is 4.74 Å². The molecule has 142 valence electrons. The molecule has 27 heavy (non-hydrogen) atoms. The molecule has 0 amide bonds. The van der Waals surface area contributed by atoms with Crippen LogP contribution in [0.5, 0.6) is 5.75 Å². The van der Waals surface area contributed by atoms with E-state index in [1.165, 1.54) is 0 Å². The van der Waals surface area contributed by atoms with E-state index in [-0.39, 0.29) is 6.61 Å². The fourth-order valence-corrected chi connectivity index (χ4v) is 3.21. The molecule has 0 radical (unpaired) electrons. The van der Waals surface area contributed by atoms with Crippen molar-refractivity contribution < 1.29 is 14.3 Å². The zero-order chi connectivity index (χ0) is 19.1. The van der Waals surface area contributed by atoms with Crippen molar-refractivity contribution in [1.29, 1.82) is 0 Å². The van der Waals surface area contributed by atoms with Crippen LogP contribution in [-0.4, -0.2) is 29.3 Å². The van der Waals surface area contributed by atoms with Crippen LogP contribution in [0.25, 0.3) is 0 Å². The van der Waals surface area contributed by atoms with Crippen molar-refractivity contribution >= 4 is 27.5 Å². The van der Waals surface area contributed by atoms with Gasteiger partial charge in [-0.1, -0.05) is 45.7 Å². The number of furan rings is 1. The minimum atomic E-state index is -0.647. The summed E-state index contributed by atoms with van der Waals surface area (Å²) in [6.45, 7) is 1.82. The maximum atomic E-state index is 10.5. The van der Waals surface area contributed by atoms with Gasteiger partial charge in [0.05, 0.1) is 12.8 Å². The second kappa shape index (κ2) is 9.95. The molecule has 3 rings (SSSR count). The molecule has 0 aliphatic heterocycles. The normalized spacial score (nSPS) is 12.3. The first-order valence-electron chi connectivity index (χ1n) is 8.65. The lowest BCUT2D eigenvalue weighted by Crippen LogP contribution is -2.35. The minimum Gasteiger partial charge on any atom is -0.491 e. The Morgan fingerprint density at radius 2 is 1.81 bits per heavy atom. The molecule has 0 saturated carbocycles. The Morgan fingerprint density at radius 3 is 2.52 bits per heavy atom. The van der Waals surface area contributed by atoms with E-state index in [4.69, 9.17) is 20.8 Å². The summed E-state index contributed by atoms with van der Waals surface area (Å²) < 4.78 is 12.1. The van der Waals surface area contributed by atoms with Crippen LogP contribution in [0, 0.1) is 0 Å². The molecule has 0 bridgehead atoms. The maximum Gasteiger partial charge on any atom is 0.119 e. The molecule has 1 aromatic heterocycles. The second-order valence-electron chi connectivity index (χ2n) is 6.26. The van der Waals surface area contributed by atoms with Crippen molar-refractivity contribution in [2.75, 3.05) is 13.2 Å². The lowest BCUT2D eigenvalue weighted by molar-refractivity contribution is 0.0605. The predicted octanol–water partition coefficient (Wildman–Crippen LogP) is 5.14. The van der Waals surface area contributed by atoms with E-state index >= 15 is 0 Å². The number of halogens is 2. The molecule has 1 atom stereocenters. The first-order valence-corrected chi connectivity index (χ1v) is 9.82. The van der Waals surface area contributed by atoms with Crippen LogP contribution in [0.3, 0.4) is 0 Å². The zero-order valence-electron chi connectivity index (χ0n) is 14.7. The van der Waals surface area contributed by atoms with Gasteiger partial charge in [-0.05, 0) is 48.0 Å². The Kier molecular flexibility index (Phi) is 7.35. The fraction of sp³-hybridized carbons (Fsp3) is 0.238. The van der Waals surface area contributed by atoms with Crippen LogP contribution in [0.1, 0.15) is 11.3 Å². The molecule has 0 saturated heterocycles. The van der Waals surface area contributed by atoms with Gasteiger partial charge in [-0.15, -0.1) is 0 Å². The Labute approximate surface area is 172 Å². The summed E-state index contributed by atoms with van der Waals surface area (Å²) in [6.07, 6.45) is 1.00. The third kappa shape index (κ3) is 6.40. The van der Waals surface area contributed by atoms with E-state index in [2.05, 4.69) is 20.8 Å². The van der Waals surface area contributed by atoms with E-state index in [0.29, 0.717) is 24.7 Å². The molecule has 1 N–H and O–H groups in total. The number of nitrogens with zero attached hydrogens (tertiary/aromatic N) is 1. The number of rotatable bonds is 9. The Hall–Kier alpha value is -1.79. The summed E-state index contributed by atoms with van der Waals surface area (Å²) in [4.78, 5) is 2.09. The second-order valence-corrected chi connectivity index (χ2v) is 7.58. The van der Waals surface area contributed by atoms with E-state index in [9.17, 15) is 5.11 Å². The van der Waals surface area contributed by atoms with Crippen LogP contribution in [-0.2, 0) is 13.1 Å². The number of hydrogen-bond donors (Lipinski definition) is 1. The van der Waals surface area contributed by atoms with Gasteiger partial charge in [-0.3, -0.25) is 4.90 Å². The van der Waals surface area contributed by atoms with Gasteiger partial charge in [0.15, 0.2) is 0 Å². The molecular formula is C21H21BrClNO3. The zero-order valence-corrected chi connectivity index (χ0v) is 17.1. The Bertz CT molecular complexity index is 824. The van der Waals surface area contributed by atoms with Gasteiger partial charge in [0, 0.05) is 22.6 Å². The van der Waals surface area contributed by atoms with E-state index in [1.54, 1.807) is 6.26 Å². The number of benzene rings is 2.